The van der Waals surface area contributed by atoms with Gasteiger partial charge in [0.2, 0.25) is 0 Å². The van der Waals surface area contributed by atoms with Crippen LogP contribution in [0.5, 0.6) is 0 Å². The van der Waals surface area contributed by atoms with E-state index in [1.54, 1.807) is 18.2 Å². The van der Waals surface area contributed by atoms with Crippen LogP contribution in [0.1, 0.15) is 58.9 Å². The molecule has 1 atom stereocenters. The highest BCUT2D eigenvalue weighted by Gasteiger charge is 2.37. The predicted molar refractivity (Wildman–Crippen MR) is 110 cm³/mol. The van der Waals surface area contributed by atoms with Crippen LogP contribution in [0.25, 0.3) is 0 Å². The molecular formula is C23H25F2N3O2. The molecule has 2 aliphatic heterocycles. The highest BCUT2D eigenvalue weighted by atomic mass is 19.1. The van der Waals surface area contributed by atoms with E-state index in [9.17, 15) is 18.4 Å². The second-order valence-electron chi connectivity index (χ2n) is 7.76. The van der Waals surface area contributed by atoms with Crippen LogP contribution >= 0.6 is 0 Å². The van der Waals surface area contributed by atoms with Crippen LogP contribution in [-0.2, 0) is 6.54 Å². The molecule has 158 valence electrons. The number of hydrogen-bond acceptors (Lipinski definition) is 3. The Labute approximate surface area is 174 Å². The molecular weight excluding hydrogens is 388 g/mol. The molecule has 2 aromatic rings. The van der Waals surface area contributed by atoms with Crippen molar-refractivity contribution >= 4 is 17.5 Å². The second kappa shape index (κ2) is 8.42. The molecule has 7 heteroatoms. The first kappa shape index (κ1) is 20.3. The van der Waals surface area contributed by atoms with Gasteiger partial charge in [0.1, 0.15) is 17.8 Å². The Morgan fingerprint density at radius 1 is 1.13 bits per heavy atom. The summed E-state index contributed by atoms with van der Waals surface area (Å²) >= 11 is 0. The maximum atomic E-state index is 13.8. The van der Waals surface area contributed by atoms with Crippen LogP contribution in [0.2, 0.25) is 0 Å². The molecule has 30 heavy (non-hydrogen) atoms. The number of rotatable bonds is 4. The van der Waals surface area contributed by atoms with Crippen LogP contribution in [0.3, 0.4) is 0 Å². The highest BCUT2D eigenvalue weighted by molar-refractivity contribution is 6.04. The molecule has 0 aliphatic carbocycles. The lowest BCUT2D eigenvalue weighted by Gasteiger charge is -2.44. The van der Waals surface area contributed by atoms with E-state index in [1.807, 2.05) is 11.8 Å². The van der Waals surface area contributed by atoms with E-state index in [4.69, 9.17) is 0 Å². The molecule has 1 saturated heterocycles. The maximum Gasteiger partial charge on any atom is 0.257 e. The van der Waals surface area contributed by atoms with Gasteiger partial charge in [-0.05, 0) is 50.5 Å². The first-order chi connectivity index (χ1) is 14.5. The number of nitrogens with zero attached hydrogens (tertiary/aromatic N) is 2. The van der Waals surface area contributed by atoms with Crippen molar-refractivity contribution in [1.29, 1.82) is 0 Å². The van der Waals surface area contributed by atoms with Gasteiger partial charge >= 0.3 is 0 Å². The molecule has 1 fully saturated rings. The fourth-order valence-corrected chi connectivity index (χ4v) is 4.38. The number of fused-ring (bicyclic) bond motifs is 2. The average molecular weight is 413 g/mol. The zero-order chi connectivity index (χ0) is 21.3. The quantitative estimate of drug-likeness (QED) is 0.822. The van der Waals surface area contributed by atoms with Gasteiger partial charge < -0.3 is 15.1 Å². The smallest absolute Gasteiger partial charge is 0.257 e. The summed E-state index contributed by atoms with van der Waals surface area (Å²) in [5.74, 6) is -1.71. The Hall–Kier alpha value is -2.96. The van der Waals surface area contributed by atoms with Crippen molar-refractivity contribution in [1.82, 2.24) is 10.2 Å². The number of amides is 2. The summed E-state index contributed by atoms with van der Waals surface area (Å²) in [4.78, 5) is 29.9. The monoisotopic (exact) mass is 413 g/mol. The van der Waals surface area contributed by atoms with E-state index < -0.39 is 11.6 Å². The first-order valence-corrected chi connectivity index (χ1v) is 10.4. The fraction of sp³-hybridized carbons (Fsp3) is 0.391. The van der Waals surface area contributed by atoms with Gasteiger partial charge in [0.15, 0.2) is 0 Å². The minimum Gasteiger partial charge on any atom is -0.351 e. The number of halogens is 2. The molecule has 0 unspecified atom stereocenters. The highest BCUT2D eigenvalue weighted by Crippen LogP contribution is 2.35. The molecule has 0 bridgehead atoms. The van der Waals surface area contributed by atoms with Crippen LogP contribution in [-0.4, -0.2) is 36.0 Å². The lowest BCUT2D eigenvalue weighted by atomic mass is 10.0. The number of anilines is 1. The van der Waals surface area contributed by atoms with E-state index in [0.29, 0.717) is 11.1 Å². The summed E-state index contributed by atoms with van der Waals surface area (Å²) in [5.41, 5.74) is 1.99. The largest absolute Gasteiger partial charge is 0.351 e. The Balaban J connectivity index is 1.57. The molecule has 1 N–H and O–H groups in total. The van der Waals surface area contributed by atoms with Gasteiger partial charge in [-0.2, -0.15) is 0 Å². The zero-order valence-corrected chi connectivity index (χ0v) is 17.0. The number of carbonyl (C=O) groups excluding carboxylic acids is 2. The topological polar surface area (TPSA) is 52.7 Å². The van der Waals surface area contributed by atoms with E-state index in [-0.39, 0.29) is 30.1 Å². The van der Waals surface area contributed by atoms with Crippen molar-refractivity contribution in [3.8, 4) is 0 Å². The molecule has 4 rings (SSSR count). The SMILES string of the molecule is CCN1c2cc(C(=O)NCc3ccc(F)cc3F)ccc2C(=O)N2CCCCC[C@@H]21. The molecule has 0 radical (unpaired) electrons. The van der Waals surface area contributed by atoms with Gasteiger partial charge in [-0.1, -0.05) is 12.5 Å². The third-order valence-corrected chi connectivity index (χ3v) is 5.94. The summed E-state index contributed by atoms with van der Waals surface area (Å²) < 4.78 is 26.9. The van der Waals surface area contributed by atoms with E-state index in [2.05, 4.69) is 10.2 Å². The van der Waals surface area contributed by atoms with Crippen molar-refractivity contribution in [3.63, 3.8) is 0 Å². The number of carbonyl (C=O) groups is 2. The van der Waals surface area contributed by atoms with Crippen molar-refractivity contribution in [2.45, 2.75) is 45.3 Å². The zero-order valence-electron chi connectivity index (χ0n) is 17.0. The average Bonchev–Trinajstić information content (AvgIpc) is 2.99. The van der Waals surface area contributed by atoms with Gasteiger partial charge in [-0.25, -0.2) is 8.78 Å². The Kier molecular flexibility index (Phi) is 5.70. The number of benzene rings is 2. The van der Waals surface area contributed by atoms with Crippen LogP contribution in [0.4, 0.5) is 14.5 Å². The molecule has 2 amide bonds. The van der Waals surface area contributed by atoms with Crippen molar-refractivity contribution in [2.75, 3.05) is 18.0 Å². The molecule has 2 aliphatic rings. The summed E-state index contributed by atoms with van der Waals surface area (Å²) in [7, 11) is 0. The van der Waals surface area contributed by atoms with Crippen LogP contribution in [0.15, 0.2) is 36.4 Å². The predicted octanol–water partition coefficient (Wildman–Crippen LogP) is 4.08. The van der Waals surface area contributed by atoms with Gasteiger partial charge in [-0.15, -0.1) is 0 Å². The van der Waals surface area contributed by atoms with Crippen molar-refractivity contribution < 1.29 is 18.4 Å². The maximum absolute atomic E-state index is 13.8. The summed E-state index contributed by atoms with van der Waals surface area (Å²) in [6.45, 7) is 3.49. The van der Waals surface area contributed by atoms with Gasteiger partial charge in [0, 0.05) is 36.8 Å². The van der Waals surface area contributed by atoms with Gasteiger partial charge in [-0.3, -0.25) is 9.59 Å². The Morgan fingerprint density at radius 3 is 2.73 bits per heavy atom. The van der Waals surface area contributed by atoms with Crippen molar-refractivity contribution in [2.24, 2.45) is 0 Å². The first-order valence-electron chi connectivity index (χ1n) is 10.4. The molecule has 0 saturated carbocycles. The standard InChI is InChI=1S/C23H25F2N3O2/c1-2-27-20-12-15(22(29)26-14-16-7-9-17(24)13-19(16)25)8-10-18(20)23(30)28-11-5-3-4-6-21(27)28/h7-10,12-13,21H,2-6,11,14H2,1H3,(H,26,29)/t21-/m1/s1. The normalized spacial score (nSPS) is 18.5. The van der Waals surface area contributed by atoms with Crippen LogP contribution < -0.4 is 10.2 Å². The summed E-state index contributed by atoms with van der Waals surface area (Å²) in [5, 5.41) is 2.68. The third-order valence-electron chi connectivity index (χ3n) is 5.94. The molecule has 2 aromatic carbocycles. The summed E-state index contributed by atoms with van der Waals surface area (Å²) in [6, 6.07) is 8.34. The van der Waals surface area contributed by atoms with E-state index in [1.165, 1.54) is 6.07 Å². The van der Waals surface area contributed by atoms with E-state index in [0.717, 1.165) is 56.6 Å². The lowest BCUT2D eigenvalue weighted by molar-refractivity contribution is 0.0656. The number of nitrogens with one attached hydrogen (secondary N) is 1. The third kappa shape index (κ3) is 3.76. The fourth-order valence-electron chi connectivity index (χ4n) is 4.38. The van der Waals surface area contributed by atoms with E-state index >= 15 is 0 Å². The number of hydrogen-bond donors (Lipinski definition) is 1. The van der Waals surface area contributed by atoms with Gasteiger partial charge in [0.25, 0.3) is 11.8 Å². The molecule has 2 heterocycles. The van der Waals surface area contributed by atoms with Gasteiger partial charge in [0.05, 0.1) is 11.3 Å². The van der Waals surface area contributed by atoms with Crippen molar-refractivity contribution in [3.05, 3.63) is 64.7 Å². The Bertz CT molecular complexity index is 979. The summed E-state index contributed by atoms with van der Waals surface area (Å²) in [6.07, 6.45) is 4.13. The minimum absolute atomic E-state index is 0.0157. The minimum atomic E-state index is -0.697. The van der Waals surface area contributed by atoms with Crippen LogP contribution in [0, 0.1) is 11.6 Å². The second-order valence-corrected chi connectivity index (χ2v) is 7.76. The molecule has 0 spiro atoms. The molecule has 0 aromatic heterocycles. The lowest BCUT2D eigenvalue weighted by Crippen LogP contribution is -2.55. The molecule has 5 nitrogen and oxygen atoms in total. The Morgan fingerprint density at radius 2 is 1.97 bits per heavy atom.